The Morgan fingerprint density at radius 2 is 2.29 bits per heavy atom. The minimum absolute atomic E-state index is 0.0332. The van der Waals surface area contributed by atoms with Gasteiger partial charge in [-0.05, 0) is 31.9 Å². The van der Waals surface area contributed by atoms with Crippen LogP contribution in [-0.4, -0.2) is 57.8 Å². The largest absolute Gasteiger partial charge is 0.392 e. The van der Waals surface area contributed by atoms with Gasteiger partial charge in [0.25, 0.3) is 5.91 Å². The minimum Gasteiger partial charge on any atom is -0.392 e. The highest BCUT2D eigenvalue weighted by atomic mass is 16.5. The maximum atomic E-state index is 12.9. The molecule has 0 radical (unpaired) electrons. The second kappa shape index (κ2) is 5.86. The third-order valence-corrected chi connectivity index (χ3v) is 5.77. The summed E-state index contributed by atoms with van der Waals surface area (Å²) < 4.78 is 5.79. The molecule has 0 bridgehead atoms. The molecule has 1 amide bonds. The number of fused-ring (bicyclic) bond motifs is 1. The van der Waals surface area contributed by atoms with E-state index < -0.39 is 0 Å². The van der Waals surface area contributed by atoms with Gasteiger partial charge in [0, 0.05) is 49.3 Å². The first-order chi connectivity index (χ1) is 11.7. The molecular weight excluding hydrogens is 306 g/mol. The Kier molecular flexibility index (Phi) is 3.81. The number of aromatic amines is 1. The Bertz CT molecular complexity index is 747. The quantitative estimate of drug-likeness (QED) is 0.902. The molecule has 1 aliphatic heterocycles. The van der Waals surface area contributed by atoms with E-state index >= 15 is 0 Å². The van der Waals surface area contributed by atoms with Crippen molar-refractivity contribution >= 4 is 16.9 Å². The third-order valence-electron chi connectivity index (χ3n) is 5.77. The van der Waals surface area contributed by atoms with Gasteiger partial charge in [0.05, 0.1) is 17.8 Å². The van der Waals surface area contributed by atoms with Crippen molar-refractivity contribution in [3.05, 3.63) is 30.1 Å². The maximum absolute atomic E-state index is 12.9. The smallest absolute Gasteiger partial charge is 0.256 e. The molecule has 2 fully saturated rings. The molecule has 2 aromatic rings. The zero-order valence-electron chi connectivity index (χ0n) is 13.9. The Hall–Kier alpha value is -1.92. The topological polar surface area (TPSA) is 78.5 Å². The van der Waals surface area contributed by atoms with Gasteiger partial charge >= 0.3 is 0 Å². The zero-order valence-corrected chi connectivity index (χ0v) is 13.9. The SMILES string of the molecule is CCO[C@H]1C[C@H](O)C12CCN(C(=O)c1c[nH]c3ncccc13)CC2. The normalized spacial score (nSPS) is 25.8. The lowest BCUT2D eigenvalue weighted by Gasteiger charge is -2.56. The number of nitrogens with zero attached hydrogens (tertiary/aromatic N) is 2. The number of aliphatic hydroxyl groups is 1. The van der Waals surface area contributed by atoms with Crippen molar-refractivity contribution in [3.63, 3.8) is 0 Å². The van der Waals surface area contributed by atoms with E-state index in [0.717, 1.165) is 30.3 Å². The average Bonchev–Trinajstić information content (AvgIpc) is 3.05. The van der Waals surface area contributed by atoms with Gasteiger partial charge in [0.2, 0.25) is 0 Å². The highest BCUT2D eigenvalue weighted by Gasteiger charge is 2.56. The molecular formula is C18H23N3O3. The molecule has 2 aliphatic rings. The monoisotopic (exact) mass is 329 g/mol. The Labute approximate surface area is 140 Å². The molecule has 6 nitrogen and oxygen atoms in total. The van der Waals surface area contributed by atoms with Crippen LogP contribution in [0.4, 0.5) is 0 Å². The number of piperidine rings is 1. The fourth-order valence-electron chi connectivity index (χ4n) is 4.25. The number of H-pyrrole nitrogens is 1. The molecule has 0 unspecified atom stereocenters. The summed E-state index contributed by atoms with van der Waals surface area (Å²) in [5, 5.41) is 11.1. The van der Waals surface area contributed by atoms with Crippen LogP contribution in [0.15, 0.2) is 24.5 Å². The van der Waals surface area contributed by atoms with Gasteiger partial charge in [-0.3, -0.25) is 4.79 Å². The molecule has 6 heteroatoms. The van der Waals surface area contributed by atoms with Gasteiger partial charge in [0.15, 0.2) is 0 Å². The van der Waals surface area contributed by atoms with Crippen molar-refractivity contribution in [2.45, 2.75) is 38.4 Å². The number of likely N-dealkylation sites (tertiary alicyclic amines) is 1. The molecule has 0 aromatic carbocycles. The number of pyridine rings is 1. The van der Waals surface area contributed by atoms with Crippen molar-refractivity contribution in [1.82, 2.24) is 14.9 Å². The number of carbonyl (C=O) groups excluding carboxylic acids is 1. The molecule has 2 aromatic heterocycles. The number of aromatic nitrogens is 2. The number of hydrogen-bond donors (Lipinski definition) is 2. The molecule has 24 heavy (non-hydrogen) atoms. The van der Waals surface area contributed by atoms with Gasteiger partial charge in [-0.2, -0.15) is 0 Å². The lowest BCUT2D eigenvalue weighted by Crippen LogP contribution is -2.62. The van der Waals surface area contributed by atoms with E-state index in [0.29, 0.717) is 25.3 Å². The van der Waals surface area contributed by atoms with Crippen molar-refractivity contribution < 1.29 is 14.6 Å². The van der Waals surface area contributed by atoms with Crippen LogP contribution in [0, 0.1) is 5.41 Å². The van der Waals surface area contributed by atoms with Crippen LogP contribution >= 0.6 is 0 Å². The summed E-state index contributed by atoms with van der Waals surface area (Å²) in [4.78, 5) is 22.0. The summed E-state index contributed by atoms with van der Waals surface area (Å²) in [6.45, 7) is 3.98. The van der Waals surface area contributed by atoms with E-state index in [1.165, 1.54) is 0 Å². The molecule has 3 heterocycles. The summed E-state index contributed by atoms with van der Waals surface area (Å²) in [6, 6.07) is 3.76. The Balaban J connectivity index is 1.49. The fourth-order valence-corrected chi connectivity index (χ4v) is 4.25. The first-order valence-electron chi connectivity index (χ1n) is 8.67. The van der Waals surface area contributed by atoms with Gasteiger partial charge < -0.3 is 19.7 Å². The highest BCUT2D eigenvalue weighted by molar-refractivity contribution is 6.05. The number of ether oxygens (including phenoxy) is 1. The fraction of sp³-hybridized carbons (Fsp3) is 0.556. The molecule has 128 valence electrons. The van der Waals surface area contributed by atoms with Crippen LogP contribution in [0.1, 0.15) is 36.5 Å². The first-order valence-corrected chi connectivity index (χ1v) is 8.67. The van der Waals surface area contributed by atoms with E-state index in [1.807, 2.05) is 24.0 Å². The van der Waals surface area contributed by atoms with E-state index in [4.69, 9.17) is 4.74 Å². The standard InChI is InChI=1S/C18H23N3O3/c1-2-24-15-10-14(22)18(15)5-8-21(9-6-18)17(23)13-11-20-16-12(13)4-3-7-19-16/h3-4,7,11,14-15,22H,2,5-6,8-10H2,1H3,(H,19,20)/t14-,15-/m0/s1. The summed E-state index contributed by atoms with van der Waals surface area (Å²) in [7, 11) is 0. The second-order valence-corrected chi connectivity index (χ2v) is 6.82. The van der Waals surface area contributed by atoms with Crippen molar-refractivity contribution in [3.8, 4) is 0 Å². The molecule has 1 aliphatic carbocycles. The summed E-state index contributed by atoms with van der Waals surface area (Å²) in [6.07, 6.45) is 5.59. The molecule has 1 spiro atoms. The lowest BCUT2D eigenvalue weighted by molar-refractivity contribution is -0.207. The molecule has 1 saturated carbocycles. The van der Waals surface area contributed by atoms with E-state index in [2.05, 4.69) is 9.97 Å². The van der Waals surface area contributed by atoms with Gasteiger partial charge in [-0.15, -0.1) is 0 Å². The van der Waals surface area contributed by atoms with Crippen molar-refractivity contribution in [2.24, 2.45) is 5.41 Å². The predicted octanol–water partition coefficient (Wildman–Crippen LogP) is 1.95. The summed E-state index contributed by atoms with van der Waals surface area (Å²) in [5.74, 6) is 0.0332. The summed E-state index contributed by atoms with van der Waals surface area (Å²) >= 11 is 0. The highest BCUT2D eigenvalue weighted by Crippen LogP contribution is 2.51. The van der Waals surface area contributed by atoms with Crippen molar-refractivity contribution in [1.29, 1.82) is 0 Å². The number of aliphatic hydroxyl groups excluding tert-OH is 1. The predicted molar refractivity (Wildman–Crippen MR) is 89.7 cm³/mol. The van der Waals surface area contributed by atoms with Crippen LogP contribution in [-0.2, 0) is 4.74 Å². The Morgan fingerprint density at radius 3 is 3.00 bits per heavy atom. The second-order valence-electron chi connectivity index (χ2n) is 6.82. The van der Waals surface area contributed by atoms with Gasteiger partial charge in [-0.1, -0.05) is 0 Å². The van der Waals surface area contributed by atoms with Crippen LogP contribution in [0.5, 0.6) is 0 Å². The molecule has 2 atom stereocenters. The number of amides is 1. The number of hydrogen-bond acceptors (Lipinski definition) is 4. The van der Waals surface area contributed by atoms with Gasteiger partial charge in [-0.25, -0.2) is 4.98 Å². The summed E-state index contributed by atoms with van der Waals surface area (Å²) in [5.41, 5.74) is 1.25. The number of rotatable bonds is 3. The molecule has 4 rings (SSSR count). The maximum Gasteiger partial charge on any atom is 0.256 e. The van der Waals surface area contributed by atoms with Gasteiger partial charge in [0.1, 0.15) is 5.65 Å². The van der Waals surface area contributed by atoms with Crippen LogP contribution < -0.4 is 0 Å². The van der Waals surface area contributed by atoms with Crippen LogP contribution in [0.3, 0.4) is 0 Å². The van der Waals surface area contributed by atoms with Crippen LogP contribution in [0.25, 0.3) is 11.0 Å². The van der Waals surface area contributed by atoms with E-state index in [-0.39, 0.29) is 23.5 Å². The molecule has 1 saturated heterocycles. The Morgan fingerprint density at radius 1 is 1.50 bits per heavy atom. The minimum atomic E-state index is -0.302. The first kappa shape index (κ1) is 15.6. The average molecular weight is 329 g/mol. The zero-order chi connectivity index (χ0) is 16.7. The van der Waals surface area contributed by atoms with E-state index in [1.54, 1.807) is 12.4 Å². The lowest BCUT2D eigenvalue weighted by atomic mass is 9.58. The third kappa shape index (κ3) is 2.24. The molecule has 2 N–H and O–H groups in total. The number of nitrogens with one attached hydrogen (secondary N) is 1. The van der Waals surface area contributed by atoms with Crippen molar-refractivity contribution in [2.75, 3.05) is 19.7 Å². The van der Waals surface area contributed by atoms with Crippen LogP contribution in [0.2, 0.25) is 0 Å². The number of carbonyl (C=O) groups is 1. The van der Waals surface area contributed by atoms with E-state index in [9.17, 15) is 9.90 Å².